The van der Waals surface area contributed by atoms with Crippen LogP contribution in [0, 0.1) is 0 Å². The molecule has 0 unspecified atom stereocenters. The number of benzene rings is 3. The lowest BCUT2D eigenvalue weighted by Gasteiger charge is -2.31. The minimum absolute atomic E-state index is 0.00361. The van der Waals surface area contributed by atoms with Crippen molar-refractivity contribution in [1.82, 2.24) is 15.1 Å². The highest BCUT2D eigenvalue weighted by Gasteiger charge is 2.25. The van der Waals surface area contributed by atoms with Crippen molar-refractivity contribution in [2.45, 2.75) is 38.4 Å². The van der Waals surface area contributed by atoms with Crippen LogP contribution in [0.25, 0.3) is 10.8 Å². The van der Waals surface area contributed by atoms with Crippen LogP contribution in [0.3, 0.4) is 0 Å². The number of piperidine rings is 1. The number of rotatable bonds is 9. The van der Waals surface area contributed by atoms with Crippen molar-refractivity contribution in [1.29, 1.82) is 0 Å². The molecule has 1 heterocycles. The molecule has 1 amide bonds. The number of likely N-dealkylation sites (tertiary alicyclic amines) is 1. The molecule has 5 heteroatoms. The molecule has 5 nitrogen and oxygen atoms in total. The zero-order valence-electron chi connectivity index (χ0n) is 19.8. The average molecular weight is 446 g/mol. The maximum atomic E-state index is 12.4. The smallest absolute Gasteiger partial charge is 0.237 e. The molecule has 1 saturated heterocycles. The quantitative estimate of drug-likeness (QED) is 0.494. The summed E-state index contributed by atoms with van der Waals surface area (Å²) in [5.74, 6) is 0.949. The number of fused-ring (bicyclic) bond motifs is 1. The summed E-state index contributed by atoms with van der Waals surface area (Å²) in [6.45, 7) is 3.77. The van der Waals surface area contributed by atoms with Crippen LogP contribution in [0.1, 0.15) is 30.4 Å². The first-order valence-electron chi connectivity index (χ1n) is 11.9. The fourth-order valence-electron chi connectivity index (χ4n) is 4.65. The molecule has 174 valence electrons. The molecule has 1 aliphatic heterocycles. The largest absolute Gasteiger partial charge is 0.492 e. The van der Waals surface area contributed by atoms with Crippen LogP contribution in [0.2, 0.25) is 0 Å². The summed E-state index contributed by atoms with van der Waals surface area (Å²) < 4.78 is 5.83. The summed E-state index contributed by atoms with van der Waals surface area (Å²) >= 11 is 0. The molecule has 0 aromatic heterocycles. The normalized spacial score (nSPS) is 16.8. The number of ether oxygens (including phenoxy) is 1. The second-order valence-electron chi connectivity index (χ2n) is 9.09. The van der Waals surface area contributed by atoms with Gasteiger partial charge in [0.1, 0.15) is 12.4 Å². The third-order valence-electron chi connectivity index (χ3n) is 6.44. The molecule has 0 spiro atoms. The number of hydrogen-bond acceptors (Lipinski definition) is 4. The Morgan fingerprint density at radius 2 is 1.82 bits per heavy atom. The van der Waals surface area contributed by atoms with Gasteiger partial charge < -0.3 is 10.1 Å². The van der Waals surface area contributed by atoms with E-state index in [0.717, 1.165) is 38.2 Å². The Kier molecular flexibility index (Phi) is 7.97. The van der Waals surface area contributed by atoms with Crippen LogP contribution >= 0.6 is 0 Å². The van der Waals surface area contributed by atoms with Gasteiger partial charge in [-0.25, -0.2) is 0 Å². The lowest BCUT2D eigenvalue weighted by Crippen LogP contribution is -2.48. The van der Waals surface area contributed by atoms with Gasteiger partial charge in [0.15, 0.2) is 0 Å². The Hall–Kier alpha value is -2.89. The van der Waals surface area contributed by atoms with Gasteiger partial charge in [0.2, 0.25) is 5.91 Å². The molecule has 4 rings (SSSR count). The summed E-state index contributed by atoms with van der Waals surface area (Å²) in [7, 11) is 4.18. The number of carbonyl (C=O) groups is 1. The molecule has 0 bridgehead atoms. The zero-order valence-corrected chi connectivity index (χ0v) is 19.8. The van der Waals surface area contributed by atoms with Crippen LogP contribution in [-0.2, 0) is 17.9 Å². The topological polar surface area (TPSA) is 44.8 Å². The summed E-state index contributed by atoms with van der Waals surface area (Å²) in [5.41, 5.74) is 2.59. The maximum absolute atomic E-state index is 12.4. The van der Waals surface area contributed by atoms with E-state index in [9.17, 15) is 4.79 Å². The third-order valence-corrected chi connectivity index (χ3v) is 6.44. The Morgan fingerprint density at radius 1 is 1.03 bits per heavy atom. The lowest BCUT2D eigenvalue weighted by atomic mass is 10.0. The number of nitrogens with zero attached hydrogens (tertiary/aromatic N) is 2. The van der Waals surface area contributed by atoms with E-state index in [0.29, 0.717) is 13.2 Å². The summed E-state index contributed by atoms with van der Waals surface area (Å²) in [5, 5.41) is 5.62. The molecular formula is C28H35N3O2. The highest BCUT2D eigenvalue weighted by Crippen LogP contribution is 2.21. The minimum atomic E-state index is 0.00361. The van der Waals surface area contributed by atoms with Gasteiger partial charge in [0, 0.05) is 13.1 Å². The summed E-state index contributed by atoms with van der Waals surface area (Å²) in [4.78, 5) is 16.8. The standard InChI is InChI=1S/C28H35N3O2/c1-30(21-24-10-7-9-23-8-3-4-11-26(23)24)20-22-13-15-25(16-14-22)33-19-17-29-28(32)27-12-5-6-18-31(27)2/h3-4,7-11,13-16,27H,5-6,12,17-21H2,1-2H3,(H,29,32)/t27-/m0/s1. The second-order valence-corrected chi connectivity index (χ2v) is 9.09. The van der Waals surface area contributed by atoms with Crippen LogP contribution in [0.4, 0.5) is 0 Å². The monoisotopic (exact) mass is 445 g/mol. The molecule has 0 saturated carbocycles. The van der Waals surface area contributed by atoms with Crippen molar-refractivity contribution in [2.75, 3.05) is 33.8 Å². The van der Waals surface area contributed by atoms with E-state index in [-0.39, 0.29) is 11.9 Å². The van der Waals surface area contributed by atoms with Crippen molar-refractivity contribution in [2.24, 2.45) is 0 Å². The number of amides is 1. The van der Waals surface area contributed by atoms with Gasteiger partial charge in [-0.05, 0) is 67.5 Å². The molecule has 3 aromatic carbocycles. The van der Waals surface area contributed by atoms with Crippen molar-refractivity contribution in [3.63, 3.8) is 0 Å². The minimum Gasteiger partial charge on any atom is -0.492 e. The fourth-order valence-corrected chi connectivity index (χ4v) is 4.65. The molecule has 0 radical (unpaired) electrons. The Bertz CT molecular complexity index is 1050. The molecule has 3 aromatic rings. The van der Waals surface area contributed by atoms with Gasteiger partial charge in [-0.3, -0.25) is 14.6 Å². The molecule has 33 heavy (non-hydrogen) atoms. The van der Waals surface area contributed by atoms with E-state index in [1.54, 1.807) is 0 Å². The Labute approximate surface area is 197 Å². The molecule has 1 atom stereocenters. The van der Waals surface area contributed by atoms with Crippen molar-refractivity contribution in [3.05, 3.63) is 77.9 Å². The van der Waals surface area contributed by atoms with Crippen molar-refractivity contribution < 1.29 is 9.53 Å². The number of likely N-dealkylation sites (N-methyl/N-ethyl adjacent to an activating group) is 1. The first kappa shape index (κ1) is 23.3. The fraction of sp³-hybridized carbons (Fsp3) is 0.393. The number of carbonyl (C=O) groups excluding carboxylic acids is 1. The molecule has 1 fully saturated rings. The first-order chi connectivity index (χ1) is 16.1. The van der Waals surface area contributed by atoms with E-state index in [1.165, 1.54) is 28.3 Å². The predicted octanol–water partition coefficient (Wildman–Crippen LogP) is 4.45. The van der Waals surface area contributed by atoms with Crippen LogP contribution in [-0.4, -0.2) is 55.5 Å². The molecule has 0 aliphatic carbocycles. The molecule has 1 aliphatic rings. The van der Waals surface area contributed by atoms with Gasteiger partial charge >= 0.3 is 0 Å². The number of hydrogen-bond donors (Lipinski definition) is 1. The average Bonchev–Trinajstić information content (AvgIpc) is 2.83. The SMILES string of the molecule is CN(Cc1ccc(OCCNC(=O)[C@@H]2CCCCN2C)cc1)Cc1cccc2ccccc12. The molecular weight excluding hydrogens is 410 g/mol. The molecule has 1 N–H and O–H groups in total. The van der Waals surface area contributed by atoms with Gasteiger partial charge in [0.25, 0.3) is 0 Å². The van der Waals surface area contributed by atoms with Gasteiger partial charge in [0.05, 0.1) is 12.6 Å². The van der Waals surface area contributed by atoms with Gasteiger partial charge in [-0.1, -0.05) is 61.0 Å². The highest BCUT2D eigenvalue weighted by atomic mass is 16.5. The van der Waals surface area contributed by atoms with E-state index in [4.69, 9.17) is 4.74 Å². The second kappa shape index (κ2) is 11.3. The van der Waals surface area contributed by atoms with Crippen molar-refractivity contribution in [3.8, 4) is 5.75 Å². The van der Waals surface area contributed by atoms with E-state index in [2.05, 4.69) is 76.8 Å². The van der Waals surface area contributed by atoms with E-state index >= 15 is 0 Å². The predicted molar refractivity (Wildman–Crippen MR) is 134 cm³/mol. The number of nitrogens with one attached hydrogen (secondary N) is 1. The van der Waals surface area contributed by atoms with Crippen LogP contribution in [0.5, 0.6) is 5.75 Å². The first-order valence-corrected chi connectivity index (χ1v) is 11.9. The van der Waals surface area contributed by atoms with Crippen LogP contribution < -0.4 is 10.1 Å². The van der Waals surface area contributed by atoms with E-state index in [1.807, 2.05) is 19.2 Å². The zero-order chi connectivity index (χ0) is 23.0. The Balaban J connectivity index is 1.21. The van der Waals surface area contributed by atoms with Crippen molar-refractivity contribution >= 4 is 16.7 Å². The van der Waals surface area contributed by atoms with Gasteiger partial charge in [-0.15, -0.1) is 0 Å². The Morgan fingerprint density at radius 3 is 2.64 bits per heavy atom. The third kappa shape index (κ3) is 6.34. The lowest BCUT2D eigenvalue weighted by molar-refractivity contribution is -0.127. The van der Waals surface area contributed by atoms with Crippen LogP contribution in [0.15, 0.2) is 66.7 Å². The van der Waals surface area contributed by atoms with E-state index < -0.39 is 0 Å². The summed E-state index contributed by atoms with van der Waals surface area (Å²) in [6, 6.07) is 23.3. The highest BCUT2D eigenvalue weighted by molar-refractivity contribution is 5.85. The van der Waals surface area contributed by atoms with Gasteiger partial charge in [-0.2, -0.15) is 0 Å². The summed E-state index contributed by atoms with van der Waals surface area (Å²) in [6.07, 6.45) is 3.25. The maximum Gasteiger partial charge on any atom is 0.237 e.